The third-order valence-corrected chi connectivity index (χ3v) is 7.92. The summed E-state index contributed by atoms with van der Waals surface area (Å²) in [6.07, 6.45) is 14.0. The van der Waals surface area contributed by atoms with E-state index in [1.807, 2.05) is 56.3 Å². The number of hydrogen-bond donors (Lipinski definition) is 0. The van der Waals surface area contributed by atoms with Crippen molar-refractivity contribution in [1.29, 1.82) is 0 Å². The van der Waals surface area contributed by atoms with E-state index in [4.69, 9.17) is 4.18 Å². The van der Waals surface area contributed by atoms with Crippen molar-refractivity contribution < 1.29 is 12.6 Å². The molecule has 0 fully saturated rings. The van der Waals surface area contributed by atoms with Gasteiger partial charge in [-0.1, -0.05) is 120 Å². The van der Waals surface area contributed by atoms with Gasteiger partial charge < -0.3 is 0 Å². The lowest BCUT2D eigenvalue weighted by Gasteiger charge is -2.28. The van der Waals surface area contributed by atoms with Gasteiger partial charge in [0, 0.05) is 0 Å². The highest BCUT2D eigenvalue weighted by molar-refractivity contribution is 7.86. The molecule has 1 atom stereocenters. The summed E-state index contributed by atoms with van der Waals surface area (Å²) >= 11 is 0. The highest BCUT2D eigenvalue weighted by Crippen LogP contribution is 2.34. The van der Waals surface area contributed by atoms with Crippen molar-refractivity contribution in [2.24, 2.45) is 0 Å². The Hall–Kier alpha value is -1.65. The van der Waals surface area contributed by atoms with Crippen LogP contribution in [0.1, 0.15) is 103 Å². The fourth-order valence-corrected chi connectivity index (χ4v) is 5.67. The second-order valence-corrected chi connectivity index (χ2v) is 10.5. The van der Waals surface area contributed by atoms with Gasteiger partial charge in [0.05, 0.1) is 4.90 Å². The van der Waals surface area contributed by atoms with Crippen molar-refractivity contribution in [2.45, 2.75) is 108 Å². The molecule has 0 heterocycles. The van der Waals surface area contributed by atoms with Gasteiger partial charge in [-0.15, -0.1) is 0 Å². The molecule has 0 saturated heterocycles. The lowest BCUT2D eigenvalue weighted by atomic mass is 9.94. The zero-order chi connectivity index (χ0) is 23.3. The molecule has 0 aliphatic carbocycles. The van der Waals surface area contributed by atoms with E-state index >= 15 is 0 Å². The van der Waals surface area contributed by atoms with Crippen LogP contribution in [0.3, 0.4) is 0 Å². The van der Waals surface area contributed by atoms with Crippen LogP contribution in [0.5, 0.6) is 0 Å². The van der Waals surface area contributed by atoms with E-state index in [9.17, 15) is 8.42 Å². The van der Waals surface area contributed by atoms with E-state index in [1.54, 1.807) is 12.1 Å². The van der Waals surface area contributed by atoms with Crippen molar-refractivity contribution >= 4 is 10.1 Å². The lowest BCUT2D eigenvalue weighted by molar-refractivity contribution is 0.0908. The Labute approximate surface area is 196 Å². The summed E-state index contributed by atoms with van der Waals surface area (Å²) < 4.78 is 32.4. The van der Waals surface area contributed by atoms with E-state index in [1.165, 1.54) is 51.4 Å². The van der Waals surface area contributed by atoms with Crippen LogP contribution in [0.15, 0.2) is 59.5 Å². The Morgan fingerprint density at radius 1 is 0.719 bits per heavy atom. The summed E-state index contributed by atoms with van der Waals surface area (Å²) in [5.41, 5.74) is 0.849. The highest BCUT2D eigenvalue weighted by Gasteiger charge is 2.33. The quantitative estimate of drug-likeness (QED) is 0.188. The van der Waals surface area contributed by atoms with Crippen molar-refractivity contribution in [3.63, 3.8) is 0 Å². The zero-order valence-electron chi connectivity index (χ0n) is 20.3. The molecule has 0 aliphatic heterocycles. The maximum atomic E-state index is 13.3. The summed E-state index contributed by atoms with van der Waals surface area (Å²) in [5.74, 6) is 0. The third kappa shape index (κ3) is 8.37. The molecule has 0 amide bonds. The first-order valence-corrected chi connectivity index (χ1v) is 13.9. The summed E-state index contributed by atoms with van der Waals surface area (Å²) in [6, 6.07) is 16.9. The van der Waals surface area contributed by atoms with Crippen molar-refractivity contribution in [2.75, 3.05) is 0 Å². The maximum Gasteiger partial charge on any atom is 0.298 e. The topological polar surface area (TPSA) is 43.4 Å². The Bertz CT molecular complexity index is 877. The fourth-order valence-electron chi connectivity index (χ4n) is 4.15. The minimum atomic E-state index is -3.87. The van der Waals surface area contributed by atoms with Gasteiger partial charge >= 0.3 is 0 Å². The molecule has 3 nitrogen and oxygen atoms in total. The largest absolute Gasteiger partial charge is 0.298 e. The second kappa shape index (κ2) is 13.8. The van der Waals surface area contributed by atoms with Crippen LogP contribution in [-0.4, -0.2) is 8.42 Å². The molecular weight excluding hydrogens is 416 g/mol. The third-order valence-electron chi connectivity index (χ3n) is 6.39. The molecular formula is C28H42O3S. The van der Waals surface area contributed by atoms with Crippen molar-refractivity contribution in [1.82, 2.24) is 0 Å². The molecule has 2 aromatic carbocycles. The Balaban J connectivity index is 1.91. The first-order valence-electron chi connectivity index (χ1n) is 12.5. The summed E-state index contributed by atoms with van der Waals surface area (Å²) in [4.78, 5) is 0.312. The average Bonchev–Trinajstić information content (AvgIpc) is 2.80. The minimum absolute atomic E-state index is 0.312. The van der Waals surface area contributed by atoms with Crippen LogP contribution >= 0.6 is 0 Å². The van der Waals surface area contributed by atoms with E-state index in [0.29, 0.717) is 11.3 Å². The van der Waals surface area contributed by atoms with E-state index < -0.39 is 15.7 Å². The van der Waals surface area contributed by atoms with Crippen LogP contribution in [0, 0.1) is 0 Å². The molecule has 178 valence electrons. The second-order valence-electron chi connectivity index (χ2n) is 9.03. The zero-order valence-corrected chi connectivity index (χ0v) is 21.1. The number of unbranched alkanes of at least 4 members (excludes halogenated alkanes) is 9. The van der Waals surface area contributed by atoms with Crippen LogP contribution in [0.2, 0.25) is 0 Å². The predicted octanol–water partition coefficient (Wildman–Crippen LogP) is 8.18. The van der Waals surface area contributed by atoms with Gasteiger partial charge in [0.15, 0.2) is 0 Å². The molecule has 2 aromatic rings. The molecule has 0 radical (unpaired) electrons. The summed E-state index contributed by atoms with van der Waals surface area (Å²) in [7, 11) is -3.87. The van der Waals surface area contributed by atoms with Gasteiger partial charge in [-0.05, 0) is 43.4 Å². The van der Waals surface area contributed by atoms with Crippen molar-refractivity contribution in [3.8, 4) is 0 Å². The summed E-state index contributed by atoms with van der Waals surface area (Å²) in [6.45, 7) is 6.06. The molecule has 0 N–H and O–H groups in total. The maximum absolute atomic E-state index is 13.3. The molecule has 0 saturated carbocycles. The van der Waals surface area contributed by atoms with Gasteiger partial charge in [0.1, 0.15) is 5.60 Å². The Morgan fingerprint density at radius 3 is 1.84 bits per heavy atom. The first-order chi connectivity index (χ1) is 15.4. The number of hydrogen-bond acceptors (Lipinski definition) is 3. The normalized spacial score (nSPS) is 13.7. The molecule has 0 aliphatic rings. The van der Waals surface area contributed by atoms with Crippen LogP contribution in [0.4, 0.5) is 0 Å². The minimum Gasteiger partial charge on any atom is -0.255 e. The lowest BCUT2D eigenvalue weighted by Crippen LogP contribution is -2.29. The molecule has 32 heavy (non-hydrogen) atoms. The smallest absolute Gasteiger partial charge is 0.255 e. The van der Waals surface area contributed by atoms with E-state index in [0.717, 1.165) is 30.4 Å². The first kappa shape index (κ1) is 26.6. The molecule has 0 spiro atoms. The molecule has 1 unspecified atom stereocenters. The number of benzene rings is 2. The van der Waals surface area contributed by atoms with Crippen molar-refractivity contribution in [3.05, 3.63) is 65.7 Å². The molecule has 0 bridgehead atoms. The summed E-state index contributed by atoms with van der Waals surface area (Å²) in [5, 5.41) is 0. The number of aryl methyl sites for hydroxylation is 1. The molecule has 4 heteroatoms. The van der Waals surface area contributed by atoms with Gasteiger partial charge in [0.25, 0.3) is 10.1 Å². The van der Waals surface area contributed by atoms with Gasteiger partial charge in [-0.3, -0.25) is 4.18 Å². The van der Waals surface area contributed by atoms with Crippen LogP contribution < -0.4 is 0 Å². The Morgan fingerprint density at radius 2 is 1.25 bits per heavy atom. The standard InChI is InChI=1S/C28H42O3S/c1-4-6-7-8-9-10-11-12-13-15-20-25-21-18-19-24-27(25)32(29,30)31-28(3,5-2)26-22-16-14-17-23-26/h14,16-19,21-24H,4-13,15,20H2,1-3H3. The SMILES string of the molecule is CCCCCCCCCCCCc1ccccc1S(=O)(=O)OC(C)(CC)c1ccccc1. The average molecular weight is 459 g/mol. The van der Waals surface area contributed by atoms with E-state index in [2.05, 4.69) is 6.92 Å². The van der Waals surface area contributed by atoms with Gasteiger partial charge in [0.2, 0.25) is 0 Å². The fraction of sp³-hybridized carbons (Fsp3) is 0.571. The van der Waals surface area contributed by atoms with Crippen LogP contribution in [0.25, 0.3) is 0 Å². The highest BCUT2D eigenvalue weighted by atomic mass is 32.2. The number of rotatable bonds is 16. The Kier molecular flexibility index (Phi) is 11.5. The van der Waals surface area contributed by atoms with Gasteiger partial charge in [-0.2, -0.15) is 8.42 Å². The van der Waals surface area contributed by atoms with E-state index in [-0.39, 0.29) is 0 Å². The van der Waals surface area contributed by atoms with Gasteiger partial charge in [-0.25, -0.2) is 0 Å². The predicted molar refractivity (Wildman–Crippen MR) is 134 cm³/mol. The molecule has 2 rings (SSSR count). The van der Waals surface area contributed by atoms with Crippen LogP contribution in [-0.2, 0) is 26.3 Å². The monoisotopic (exact) mass is 458 g/mol. The molecule has 0 aromatic heterocycles.